The van der Waals surface area contributed by atoms with Gasteiger partial charge in [0.25, 0.3) is 0 Å². The molecule has 3 aromatic rings. The highest BCUT2D eigenvalue weighted by atomic mass is 14.3. The summed E-state index contributed by atoms with van der Waals surface area (Å²) in [5.74, 6) is 0.386. The average molecular weight is 280 g/mol. The van der Waals surface area contributed by atoms with Gasteiger partial charge in [-0.05, 0) is 45.4 Å². The van der Waals surface area contributed by atoms with E-state index in [-0.39, 0.29) is 0 Å². The summed E-state index contributed by atoms with van der Waals surface area (Å²) in [6, 6.07) is 24.4. The molecule has 2 aliphatic rings. The minimum Gasteiger partial charge on any atom is -0.0720 e. The van der Waals surface area contributed by atoms with Gasteiger partial charge in [0.1, 0.15) is 0 Å². The molecule has 0 heteroatoms. The fraction of sp³-hybridized carbons (Fsp3) is 0.0909. The van der Waals surface area contributed by atoms with E-state index in [4.69, 9.17) is 0 Å². The molecule has 22 heavy (non-hydrogen) atoms. The van der Waals surface area contributed by atoms with Gasteiger partial charge >= 0.3 is 0 Å². The van der Waals surface area contributed by atoms with Crippen molar-refractivity contribution >= 4 is 6.08 Å². The maximum absolute atomic E-state index is 2.35. The molecule has 5 rings (SSSR count). The first-order chi connectivity index (χ1) is 10.9. The Balaban J connectivity index is 1.74. The molecule has 104 valence electrons. The Hall–Kier alpha value is -2.60. The molecule has 3 aromatic carbocycles. The predicted molar refractivity (Wildman–Crippen MR) is 92.0 cm³/mol. The van der Waals surface area contributed by atoms with Crippen LogP contribution in [-0.4, -0.2) is 0 Å². The molecule has 0 radical (unpaired) electrons. The zero-order chi connectivity index (χ0) is 14.5. The van der Waals surface area contributed by atoms with Crippen LogP contribution >= 0.6 is 0 Å². The first-order valence-electron chi connectivity index (χ1n) is 7.89. The zero-order valence-corrected chi connectivity index (χ0v) is 12.3. The molecule has 1 unspecified atom stereocenters. The Morgan fingerprint density at radius 3 is 2.45 bits per heavy atom. The van der Waals surface area contributed by atoms with Crippen molar-refractivity contribution in [1.29, 1.82) is 0 Å². The molecule has 0 spiro atoms. The van der Waals surface area contributed by atoms with Crippen LogP contribution in [0.1, 0.15) is 33.7 Å². The molecular weight excluding hydrogens is 264 g/mol. The largest absolute Gasteiger partial charge is 0.0720 e. The third-order valence-electron chi connectivity index (χ3n) is 4.98. The highest BCUT2D eigenvalue weighted by molar-refractivity contribution is 5.82. The lowest BCUT2D eigenvalue weighted by atomic mass is 9.87. The highest BCUT2D eigenvalue weighted by Gasteiger charge is 2.26. The second kappa shape index (κ2) is 4.45. The van der Waals surface area contributed by atoms with Crippen LogP contribution < -0.4 is 0 Å². The van der Waals surface area contributed by atoms with E-state index in [0.717, 1.165) is 6.42 Å². The topological polar surface area (TPSA) is 0 Å². The van der Waals surface area contributed by atoms with E-state index in [9.17, 15) is 0 Å². The normalized spacial score (nSPS) is 17.2. The van der Waals surface area contributed by atoms with Gasteiger partial charge in [-0.1, -0.05) is 78.9 Å². The summed E-state index contributed by atoms with van der Waals surface area (Å²) in [6.45, 7) is 0. The summed E-state index contributed by atoms with van der Waals surface area (Å²) in [5.41, 5.74) is 10.0. The van der Waals surface area contributed by atoms with Crippen molar-refractivity contribution in [2.45, 2.75) is 12.3 Å². The van der Waals surface area contributed by atoms with Crippen LogP contribution in [0.15, 0.2) is 72.8 Å². The van der Waals surface area contributed by atoms with Crippen LogP contribution in [0.5, 0.6) is 0 Å². The van der Waals surface area contributed by atoms with E-state index in [2.05, 4.69) is 78.9 Å². The molecule has 0 N–H and O–H groups in total. The maximum Gasteiger partial charge on any atom is 0.0285 e. The van der Waals surface area contributed by atoms with Crippen molar-refractivity contribution in [2.75, 3.05) is 0 Å². The first kappa shape index (κ1) is 12.0. The van der Waals surface area contributed by atoms with E-state index in [0.29, 0.717) is 5.92 Å². The van der Waals surface area contributed by atoms with Gasteiger partial charge in [-0.15, -0.1) is 0 Å². The lowest BCUT2D eigenvalue weighted by molar-refractivity contribution is 1.05. The number of benzene rings is 3. The van der Waals surface area contributed by atoms with Crippen molar-refractivity contribution in [2.24, 2.45) is 0 Å². The summed E-state index contributed by atoms with van der Waals surface area (Å²) in [7, 11) is 0. The van der Waals surface area contributed by atoms with Crippen LogP contribution in [0.4, 0.5) is 0 Å². The third kappa shape index (κ3) is 1.58. The SMILES string of the molecule is C1=CC(c2cccc3c2-c2ccccc2C3)c2ccccc21. The van der Waals surface area contributed by atoms with E-state index in [1.165, 1.54) is 38.9 Å². The van der Waals surface area contributed by atoms with Gasteiger partial charge in [0.15, 0.2) is 0 Å². The van der Waals surface area contributed by atoms with Crippen LogP contribution in [0.3, 0.4) is 0 Å². The monoisotopic (exact) mass is 280 g/mol. The molecular formula is C22H16. The Morgan fingerprint density at radius 2 is 1.45 bits per heavy atom. The van der Waals surface area contributed by atoms with Gasteiger partial charge in [0.05, 0.1) is 0 Å². The summed E-state index contributed by atoms with van der Waals surface area (Å²) in [4.78, 5) is 0. The molecule has 0 heterocycles. The van der Waals surface area contributed by atoms with E-state index < -0.39 is 0 Å². The number of hydrogen-bond donors (Lipinski definition) is 0. The Morgan fingerprint density at radius 1 is 0.682 bits per heavy atom. The van der Waals surface area contributed by atoms with Crippen LogP contribution in [-0.2, 0) is 6.42 Å². The van der Waals surface area contributed by atoms with Crippen molar-refractivity contribution in [3.63, 3.8) is 0 Å². The molecule has 0 fully saturated rings. The molecule has 2 aliphatic carbocycles. The molecule has 0 bridgehead atoms. The molecule has 0 aliphatic heterocycles. The van der Waals surface area contributed by atoms with Gasteiger partial charge in [-0.2, -0.15) is 0 Å². The fourth-order valence-electron chi connectivity index (χ4n) is 4.00. The lowest BCUT2D eigenvalue weighted by Gasteiger charge is -2.16. The predicted octanol–water partition coefficient (Wildman–Crippen LogP) is 5.42. The second-order valence-electron chi connectivity index (χ2n) is 6.18. The standard InChI is InChI=1S/C22H16/c1-3-9-18-15(6-1)12-13-20(18)21-11-5-8-17-14-16-7-2-4-10-19(16)22(17)21/h1-13,20H,14H2. The van der Waals surface area contributed by atoms with E-state index in [1.54, 1.807) is 0 Å². The van der Waals surface area contributed by atoms with Crippen molar-refractivity contribution in [3.8, 4) is 11.1 Å². The van der Waals surface area contributed by atoms with Crippen LogP contribution in [0, 0.1) is 0 Å². The Kier molecular flexibility index (Phi) is 2.42. The van der Waals surface area contributed by atoms with Gasteiger partial charge in [-0.25, -0.2) is 0 Å². The third-order valence-corrected chi connectivity index (χ3v) is 4.98. The maximum atomic E-state index is 2.35. The molecule has 0 amide bonds. The second-order valence-corrected chi connectivity index (χ2v) is 6.18. The van der Waals surface area contributed by atoms with Gasteiger partial charge in [0, 0.05) is 5.92 Å². The number of allylic oxidation sites excluding steroid dienone is 1. The molecule has 1 atom stereocenters. The molecule has 0 saturated heterocycles. The summed E-state index contributed by atoms with van der Waals surface area (Å²) < 4.78 is 0. The zero-order valence-electron chi connectivity index (χ0n) is 12.3. The van der Waals surface area contributed by atoms with Crippen molar-refractivity contribution in [1.82, 2.24) is 0 Å². The van der Waals surface area contributed by atoms with Gasteiger partial charge in [0.2, 0.25) is 0 Å². The van der Waals surface area contributed by atoms with Crippen molar-refractivity contribution < 1.29 is 0 Å². The van der Waals surface area contributed by atoms with Crippen molar-refractivity contribution in [3.05, 3.63) is 101 Å². The minimum atomic E-state index is 0.386. The summed E-state index contributed by atoms with van der Waals surface area (Å²) in [5, 5.41) is 0. The number of hydrogen-bond acceptors (Lipinski definition) is 0. The fourth-order valence-corrected chi connectivity index (χ4v) is 4.00. The number of rotatable bonds is 1. The summed E-state index contributed by atoms with van der Waals surface area (Å²) >= 11 is 0. The number of fused-ring (bicyclic) bond motifs is 4. The van der Waals surface area contributed by atoms with Crippen LogP contribution in [0.2, 0.25) is 0 Å². The average Bonchev–Trinajstić information content (AvgIpc) is 3.16. The summed E-state index contributed by atoms with van der Waals surface area (Å²) in [6.07, 6.45) is 5.68. The Labute approximate surface area is 130 Å². The highest BCUT2D eigenvalue weighted by Crippen LogP contribution is 2.45. The smallest absolute Gasteiger partial charge is 0.0285 e. The molecule has 0 aromatic heterocycles. The molecule has 0 nitrogen and oxygen atoms in total. The first-order valence-corrected chi connectivity index (χ1v) is 7.89. The van der Waals surface area contributed by atoms with E-state index >= 15 is 0 Å². The van der Waals surface area contributed by atoms with Gasteiger partial charge < -0.3 is 0 Å². The minimum absolute atomic E-state index is 0.386. The molecule has 0 saturated carbocycles. The van der Waals surface area contributed by atoms with E-state index in [1.807, 2.05) is 0 Å². The van der Waals surface area contributed by atoms with Crippen LogP contribution in [0.25, 0.3) is 17.2 Å². The van der Waals surface area contributed by atoms with Gasteiger partial charge in [-0.3, -0.25) is 0 Å². The Bertz CT molecular complexity index is 915. The quantitative estimate of drug-likeness (QED) is 0.437. The lowest BCUT2D eigenvalue weighted by Crippen LogP contribution is -1.99.